The van der Waals surface area contributed by atoms with E-state index < -0.39 is 11.9 Å². The van der Waals surface area contributed by atoms with Crippen LogP contribution in [0.15, 0.2) is 23.0 Å². The molecular weight excluding hydrogens is 250 g/mol. The molecule has 0 unspecified atom stereocenters. The van der Waals surface area contributed by atoms with Crippen LogP contribution in [0.5, 0.6) is 0 Å². The second-order valence-corrected chi connectivity index (χ2v) is 4.46. The molecule has 1 aromatic heterocycles. The first-order chi connectivity index (χ1) is 9.09. The van der Waals surface area contributed by atoms with E-state index in [0.29, 0.717) is 0 Å². The monoisotopic (exact) mass is 269 g/mol. The second kappa shape index (κ2) is 8.31. The Morgan fingerprint density at radius 3 is 2.32 bits per heavy atom. The molecule has 106 valence electrons. The average Bonchev–Trinajstić information content (AvgIpc) is 2.91. The van der Waals surface area contributed by atoms with E-state index in [1.807, 2.05) is 12.3 Å². The number of furan rings is 1. The van der Waals surface area contributed by atoms with Crippen LogP contribution in [-0.2, 0) is 16.1 Å². The lowest BCUT2D eigenvalue weighted by Gasteiger charge is -2.22. The van der Waals surface area contributed by atoms with Crippen molar-refractivity contribution in [3.63, 3.8) is 0 Å². The smallest absolute Gasteiger partial charge is 0.414 e. The third-order valence-corrected chi connectivity index (χ3v) is 2.96. The van der Waals surface area contributed by atoms with Crippen molar-refractivity contribution in [2.24, 2.45) is 0 Å². The SMILES string of the molecule is O=C(O)C(=O)O.c1cc(CNC2CCCCC2)co1. The lowest BCUT2D eigenvalue weighted by molar-refractivity contribution is -0.159. The molecule has 1 heterocycles. The van der Waals surface area contributed by atoms with E-state index in [-0.39, 0.29) is 0 Å². The summed E-state index contributed by atoms with van der Waals surface area (Å²) in [6, 6.07) is 2.76. The predicted molar refractivity (Wildman–Crippen MR) is 67.7 cm³/mol. The van der Waals surface area contributed by atoms with Gasteiger partial charge in [-0.15, -0.1) is 0 Å². The molecule has 6 heteroatoms. The van der Waals surface area contributed by atoms with Gasteiger partial charge in [0.05, 0.1) is 12.5 Å². The summed E-state index contributed by atoms with van der Waals surface area (Å²) in [5, 5.41) is 18.3. The van der Waals surface area contributed by atoms with E-state index >= 15 is 0 Å². The first-order valence-corrected chi connectivity index (χ1v) is 6.30. The first kappa shape index (κ1) is 15.2. The Morgan fingerprint density at radius 2 is 1.84 bits per heavy atom. The Kier molecular flexibility index (Phi) is 6.67. The summed E-state index contributed by atoms with van der Waals surface area (Å²) in [7, 11) is 0. The zero-order valence-corrected chi connectivity index (χ0v) is 10.7. The number of carboxylic acid groups (broad SMARTS) is 2. The Hall–Kier alpha value is -1.82. The molecular formula is C13H19NO5. The summed E-state index contributed by atoms with van der Waals surface area (Å²) in [6.45, 7) is 0.959. The van der Waals surface area contributed by atoms with E-state index in [2.05, 4.69) is 5.32 Å². The molecule has 19 heavy (non-hydrogen) atoms. The van der Waals surface area contributed by atoms with Crippen LogP contribution in [0.3, 0.4) is 0 Å². The van der Waals surface area contributed by atoms with Gasteiger partial charge in [-0.05, 0) is 18.9 Å². The van der Waals surface area contributed by atoms with Crippen LogP contribution in [0, 0.1) is 0 Å². The van der Waals surface area contributed by atoms with Crippen molar-refractivity contribution in [1.82, 2.24) is 5.32 Å². The van der Waals surface area contributed by atoms with Gasteiger partial charge >= 0.3 is 11.9 Å². The lowest BCUT2D eigenvalue weighted by atomic mass is 9.95. The highest BCUT2D eigenvalue weighted by molar-refractivity contribution is 6.27. The Balaban J connectivity index is 0.000000258. The van der Waals surface area contributed by atoms with E-state index in [1.54, 1.807) is 6.26 Å². The summed E-state index contributed by atoms with van der Waals surface area (Å²) in [5.74, 6) is -3.65. The number of hydrogen-bond acceptors (Lipinski definition) is 4. The van der Waals surface area contributed by atoms with Gasteiger partial charge in [0.25, 0.3) is 0 Å². The second-order valence-electron chi connectivity index (χ2n) is 4.46. The van der Waals surface area contributed by atoms with Gasteiger partial charge in [0.15, 0.2) is 0 Å². The van der Waals surface area contributed by atoms with Crippen molar-refractivity contribution in [3.05, 3.63) is 24.2 Å². The molecule has 3 N–H and O–H groups in total. The number of carboxylic acids is 2. The van der Waals surface area contributed by atoms with Crippen LogP contribution in [-0.4, -0.2) is 28.2 Å². The Morgan fingerprint density at radius 1 is 1.21 bits per heavy atom. The highest BCUT2D eigenvalue weighted by Crippen LogP contribution is 2.17. The fraction of sp³-hybridized carbons (Fsp3) is 0.538. The summed E-state index contributed by atoms with van der Waals surface area (Å²) in [4.78, 5) is 18.2. The van der Waals surface area contributed by atoms with Gasteiger partial charge in [-0.25, -0.2) is 9.59 Å². The molecule has 0 spiro atoms. The lowest BCUT2D eigenvalue weighted by Crippen LogP contribution is -2.30. The van der Waals surface area contributed by atoms with Crippen LogP contribution in [0.2, 0.25) is 0 Å². The molecule has 0 aromatic carbocycles. The molecule has 2 rings (SSSR count). The summed E-state index contributed by atoms with van der Waals surface area (Å²) < 4.78 is 5.01. The molecule has 1 saturated carbocycles. The van der Waals surface area contributed by atoms with Gasteiger partial charge in [-0.1, -0.05) is 19.3 Å². The van der Waals surface area contributed by atoms with Crippen LogP contribution >= 0.6 is 0 Å². The first-order valence-electron chi connectivity index (χ1n) is 6.30. The molecule has 1 aliphatic rings. The summed E-state index contributed by atoms with van der Waals surface area (Å²) in [6.07, 6.45) is 10.4. The van der Waals surface area contributed by atoms with E-state index in [0.717, 1.165) is 12.6 Å². The van der Waals surface area contributed by atoms with Crippen LogP contribution in [0.25, 0.3) is 0 Å². The van der Waals surface area contributed by atoms with Gasteiger partial charge in [0.1, 0.15) is 0 Å². The number of nitrogens with one attached hydrogen (secondary N) is 1. The normalized spacial score (nSPS) is 15.4. The van der Waals surface area contributed by atoms with Crippen molar-refractivity contribution >= 4 is 11.9 Å². The van der Waals surface area contributed by atoms with Crippen LogP contribution < -0.4 is 5.32 Å². The maximum atomic E-state index is 9.10. The van der Waals surface area contributed by atoms with Gasteiger partial charge in [0, 0.05) is 18.2 Å². The molecule has 6 nitrogen and oxygen atoms in total. The minimum absolute atomic E-state index is 0.739. The highest BCUT2D eigenvalue weighted by atomic mass is 16.4. The minimum atomic E-state index is -1.82. The maximum Gasteiger partial charge on any atom is 0.414 e. The molecule has 0 radical (unpaired) electrons. The molecule has 1 aromatic rings. The van der Waals surface area contributed by atoms with Crippen molar-refractivity contribution in [2.75, 3.05) is 0 Å². The molecule has 0 bridgehead atoms. The van der Waals surface area contributed by atoms with E-state index in [1.165, 1.54) is 37.7 Å². The van der Waals surface area contributed by atoms with Gasteiger partial charge in [0.2, 0.25) is 0 Å². The maximum absolute atomic E-state index is 9.10. The highest BCUT2D eigenvalue weighted by Gasteiger charge is 2.12. The minimum Gasteiger partial charge on any atom is -0.473 e. The van der Waals surface area contributed by atoms with Gasteiger partial charge < -0.3 is 19.9 Å². The van der Waals surface area contributed by atoms with Crippen molar-refractivity contribution < 1.29 is 24.2 Å². The predicted octanol–water partition coefficient (Wildman–Crippen LogP) is 1.86. The molecule has 0 atom stereocenters. The molecule has 0 amide bonds. The zero-order valence-electron chi connectivity index (χ0n) is 10.7. The van der Waals surface area contributed by atoms with E-state index in [4.69, 9.17) is 24.2 Å². The largest absolute Gasteiger partial charge is 0.473 e. The number of hydrogen-bond donors (Lipinski definition) is 3. The quantitative estimate of drug-likeness (QED) is 0.724. The topological polar surface area (TPSA) is 99.8 Å². The van der Waals surface area contributed by atoms with E-state index in [9.17, 15) is 0 Å². The number of aliphatic carboxylic acids is 2. The average molecular weight is 269 g/mol. The Bertz CT molecular complexity index is 370. The number of carbonyl (C=O) groups is 2. The molecule has 1 aliphatic carbocycles. The molecule has 0 saturated heterocycles. The third-order valence-electron chi connectivity index (χ3n) is 2.96. The fourth-order valence-electron chi connectivity index (χ4n) is 1.96. The molecule has 0 aliphatic heterocycles. The summed E-state index contributed by atoms with van der Waals surface area (Å²) >= 11 is 0. The van der Waals surface area contributed by atoms with Gasteiger partial charge in [-0.2, -0.15) is 0 Å². The van der Waals surface area contributed by atoms with Crippen LogP contribution in [0.4, 0.5) is 0 Å². The molecule has 1 fully saturated rings. The zero-order chi connectivity index (χ0) is 14.1. The standard InChI is InChI=1S/C11H17NO.C2H2O4/c1-2-4-11(5-3-1)12-8-10-6-7-13-9-10;3-1(4)2(5)6/h6-7,9,11-12H,1-5,8H2;(H,3,4)(H,5,6). The summed E-state index contributed by atoms with van der Waals surface area (Å²) in [5.41, 5.74) is 1.26. The Labute approximate surface area is 111 Å². The van der Waals surface area contributed by atoms with Crippen molar-refractivity contribution in [2.45, 2.75) is 44.7 Å². The fourth-order valence-corrected chi connectivity index (χ4v) is 1.96. The van der Waals surface area contributed by atoms with Gasteiger partial charge in [-0.3, -0.25) is 0 Å². The number of rotatable bonds is 3. The van der Waals surface area contributed by atoms with Crippen LogP contribution in [0.1, 0.15) is 37.7 Å². The van der Waals surface area contributed by atoms with Crippen molar-refractivity contribution in [3.8, 4) is 0 Å². The third kappa shape index (κ3) is 6.61. The van der Waals surface area contributed by atoms with Crippen molar-refractivity contribution in [1.29, 1.82) is 0 Å².